The van der Waals surface area contributed by atoms with Crippen LogP contribution in [0.15, 0.2) is 59.6 Å². The number of benzodiazepines with no additional fused rings is 1. The van der Waals surface area contributed by atoms with E-state index in [-0.39, 0.29) is 11.8 Å². The number of benzene rings is 2. The molecule has 1 aliphatic carbocycles. The van der Waals surface area contributed by atoms with E-state index in [4.69, 9.17) is 4.99 Å². The van der Waals surface area contributed by atoms with Crippen LogP contribution in [-0.2, 0) is 9.59 Å². The van der Waals surface area contributed by atoms with Crippen LogP contribution in [0.5, 0.6) is 0 Å². The predicted octanol–water partition coefficient (Wildman–Crippen LogP) is 4.30. The number of aliphatic imine (C=N–C) groups is 1. The Labute approximate surface area is 178 Å². The monoisotopic (exact) mass is 403 g/mol. The van der Waals surface area contributed by atoms with Gasteiger partial charge in [0.1, 0.15) is 0 Å². The fourth-order valence-electron chi connectivity index (χ4n) is 4.48. The number of nitrogens with zero attached hydrogens (tertiary/aromatic N) is 2. The first kappa shape index (κ1) is 20.3. The Kier molecular flexibility index (Phi) is 6.26. The first-order valence-electron chi connectivity index (χ1n) is 10.9. The van der Waals surface area contributed by atoms with Crippen LogP contribution < -0.4 is 10.2 Å². The summed E-state index contributed by atoms with van der Waals surface area (Å²) in [7, 11) is 1.74. The molecule has 5 nitrogen and oxygen atoms in total. The van der Waals surface area contributed by atoms with Crippen LogP contribution in [0.2, 0.25) is 0 Å². The molecule has 1 aliphatic heterocycles. The maximum Gasteiger partial charge on any atom is 0.272 e. The van der Waals surface area contributed by atoms with E-state index in [1.807, 2.05) is 54.6 Å². The van der Waals surface area contributed by atoms with Crippen LogP contribution in [0.4, 0.5) is 5.69 Å². The van der Waals surface area contributed by atoms with Crippen LogP contribution in [0, 0.1) is 5.92 Å². The summed E-state index contributed by atoms with van der Waals surface area (Å²) in [5.41, 5.74) is 3.33. The van der Waals surface area contributed by atoms with Gasteiger partial charge >= 0.3 is 0 Å². The molecule has 2 aliphatic rings. The molecule has 0 radical (unpaired) electrons. The molecule has 30 heavy (non-hydrogen) atoms. The van der Waals surface area contributed by atoms with Crippen molar-refractivity contribution in [2.75, 3.05) is 11.9 Å². The van der Waals surface area contributed by atoms with Gasteiger partial charge < -0.3 is 10.2 Å². The number of anilines is 1. The molecule has 1 saturated carbocycles. The van der Waals surface area contributed by atoms with Gasteiger partial charge in [-0.05, 0) is 18.4 Å². The van der Waals surface area contributed by atoms with Gasteiger partial charge in [0.2, 0.25) is 12.1 Å². The Morgan fingerprint density at radius 2 is 1.73 bits per heavy atom. The molecule has 5 heteroatoms. The molecule has 1 atom stereocenters. The summed E-state index contributed by atoms with van der Waals surface area (Å²) >= 11 is 0. The first-order chi connectivity index (χ1) is 14.6. The molecule has 0 aromatic heterocycles. The zero-order chi connectivity index (χ0) is 20.9. The number of carbonyl (C=O) groups is 2. The molecular weight excluding hydrogens is 374 g/mol. The van der Waals surface area contributed by atoms with Crippen LogP contribution >= 0.6 is 0 Å². The average molecular weight is 404 g/mol. The highest BCUT2D eigenvalue weighted by Crippen LogP contribution is 2.28. The summed E-state index contributed by atoms with van der Waals surface area (Å²) < 4.78 is 0. The van der Waals surface area contributed by atoms with Gasteiger partial charge in [-0.3, -0.25) is 9.59 Å². The minimum absolute atomic E-state index is 0.102. The SMILES string of the molecule is CN1C(=O)[C@H](NC(=O)CCC2CCCCC2)N=C(c2ccccc2)c2ccccc21. The average Bonchev–Trinajstić information content (AvgIpc) is 2.90. The third kappa shape index (κ3) is 4.45. The Morgan fingerprint density at radius 1 is 1.03 bits per heavy atom. The Morgan fingerprint density at radius 3 is 2.50 bits per heavy atom. The lowest BCUT2D eigenvalue weighted by molar-refractivity contribution is -0.127. The zero-order valence-corrected chi connectivity index (χ0v) is 17.5. The van der Waals surface area contributed by atoms with E-state index in [0.717, 1.165) is 28.9 Å². The number of para-hydroxylation sites is 1. The highest BCUT2D eigenvalue weighted by Gasteiger charge is 2.31. The lowest BCUT2D eigenvalue weighted by Gasteiger charge is -2.22. The van der Waals surface area contributed by atoms with Gasteiger partial charge in [0.05, 0.1) is 11.4 Å². The molecule has 1 fully saturated rings. The van der Waals surface area contributed by atoms with Gasteiger partial charge in [-0.2, -0.15) is 0 Å². The van der Waals surface area contributed by atoms with Crippen molar-refractivity contribution in [1.29, 1.82) is 0 Å². The predicted molar refractivity (Wildman–Crippen MR) is 120 cm³/mol. The molecule has 2 amide bonds. The number of amides is 2. The lowest BCUT2D eigenvalue weighted by atomic mass is 9.86. The normalized spacial score (nSPS) is 19.6. The summed E-state index contributed by atoms with van der Waals surface area (Å²) in [5, 5.41) is 2.90. The summed E-state index contributed by atoms with van der Waals surface area (Å²) in [6.07, 6.45) is 6.68. The summed E-state index contributed by atoms with van der Waals surface area (Å²) in [6, 6.07) is 17.6. The van der Waals surface area contributed by atoms with E-state index < -0.39 is 6.17 Å². The number of carbonyl (C=O) groups excluding carboxylic acids is 2. The third-order valence-corrected chi connectivity index (χ3v) is 6.19. The Balaban J connectivity index is 1.57. The van der Waals surface area contributed by atoms with Gasteiger partial charge in [0.25, 0.3) is 5.91 Å². The van der Waals surface area contributed by atoms with Gasteiger partial charge in [0.15, 0.2) is 0 Å². The molecule has 156 valence electrons. The van der Waals surface area contributed by atoms with Crippen molar-refractivity contribution in [2.24, 2.45) is 10.9 Å². The van der Waals surface area contributed by atoms with Crippen LogP contribution in [-0.4, -0.2) is 30.7 Å². The highest BCUT2D eigenvalue weighted by atomic mass is 16.2. The second kappa shape index (κ2) is 9.24. The number of fused-ring (bicyclic) bond motifs is 1. The van der Waals surface area contributed by atoms with E-state index in [9.17, 15) is 9.59 Å². The van der Waals surface area contributed by atoms with Crippen molar-refractivity contribution in [2.45, 2.75) is 51.1 Å². The molecule has 0 saturated heterocycles. The molecule has 1 N–H and O–H groups in total. The number of rotatable bonds is 5. The molecule has 2 aromatic rings. The molecular formula is C25H29N3O2. The number of hydrogen-bond acceptors (Lipinski definition) is 3. The third-order valence-electron chi connectivity index (χ3n) is 6.19. The van der Waals surface area contributed by atoms with Crippen LogP contribution in [0.1, 0.15) is 56.1 Å². The topological polar surface area (TPSA) is 61.8 Å². The molecule has 1 heterocycles. The minimum Gasteiger partial charge on any atom is -0.327 e. The molecule has 0 spiro atoms. The van der Waals surface area contributed by atoms with Crippen molar-refractivity contribution >= 4 is 23.2 Å². The van der Waals surface area contributed by atoms with E-state index in [1.54, 1.807) is 11.9 Å². The van der Waals surface area contributed by atoms with Gasteiger partial charge in [-0.25, -0.2) is 4.99 Å². The summed E-state index contributed by atoms with van der Waals surface area (Å²) in [6.45, 7) is 0. The largest absolute Gasteiger partial charge is 0.327 e. The molecule has 0 bridgehead atoms. The van der Waals surface area contributed by atoms with Crippen LogP contribution in [0.3, 0.4) is 0 Å². The second-order valence-electron chi connectivity index (χ2n) is 8.27. The lowest BCUT2D eigenvalue weighted by Crippen LogP contribution is -2.46. The smallest absolute Gasteiger partial charge is 0.272 e. The first-order valence-corrected chi connectivity index (χ1v) is 10.9. The number of nitrogens with one attached hydrogen (secondary N) is 1. The summed E-state index contributed by atoms with van der Waals surface area (Å²) in [4.78, 5) is 32.2. The highest BCUT2D eigenvalue weighted by molar-refractivity contribution is 6.20. The zero-order valence-electron chi connectivity index (χ0n) is 17.5. The van der Waals surface area contributed by atoms with Crippen molar-refractivity contribution < 1.29 is 9.59 Å². The molecule has 0 unspecified atom stereocenters. The standard InChI is InChI=1S/C25H29N3O2/c1-28-21-15-9-8-14-20(21)23(19-12-6-3-7-13-19)27-24(25(28)30)26-22(29)17-16-18-10-4-2-5-11-18/h3,6-9,12-15,18,24H,2,4-5,10-11,16-17H2,1H3,(H,26,29)/t24-/m1/s1. The van der Waals surface area contributed by atoms with Crippen molar-refractivity contribution in [3.05, 3.63) is 65.7 Å². The van der Waals surface area contributed by atoms with Gasteiger partial charge in [0, 0.05) is 24.6 Å². The van der Waals surface area contributed by atoms with Crippen molar-refractivity contribution in [3.8, 4) is 0 Å². The number of hydrogen-bond donors (Lipinski definition) is 1. The van der Waals surface area contributed by atoms with Crippen LogP contribution in [0.25, 0.3) is 0 Å². The summed E-state index contributed by atoms with van der Waals surface area (Å²) in [5.74, 6) is 0.304. The fourth-order valence-corrected chi connectivity index (χ4v) is 4.48. The molecule has 4 rings (SSSR count). The number of likely N-dealkylation sites (N-methyl/N-ethyl adjacent to an activating group) is 1. The maximum absolute atomic E-state index is 13.1. The van der Waals surface area contributed by atoms with E-state index in [0.29, 0.717) is 12.3 Å². The quantitative estimate of drug-likeness (QED) is 0.809. The Hall–Kier alpha value is -2.95. The van der Waals surface area contributed by atoms with E-state index >= 15 is 0 Å². The molecule has 2 aromatic carbocycles. The second-order valence-corrected chi connectivity index (χ2v) is 8.27. The van der Waals surface area contributed by atoms with E-state index in [2.05, 4.69) is 5.32 Å². The van der Waals surface area contributed by atoms with Crippen molar-refractivity contribution in [1.82, 2.24) is 5.32 Å². The minimum atomic E-state index is -0.920. The van der Waals surface area contributed by atoms with Gasteiger partial charge in [-0.15, -0.1) is 0 Å². The Bertz CT molecular complexity index is 932. The van der Waals surface area contributed by atoms with Gasteiger partial charge in [-0.1, -0.05) is 80.6 Å². The van der Waals surface area contributed by atoms with Crippen molar-refractivity contribution in [3.63, 3.8) is 0 Å². The van der Waals surface area contributed by atoms with E-state index in [1.165, 1.54) is 32.1 Å². The fraction of sp³-hybridized carbons (Fsp3) is 0.400. The maximum atomic E-state index is 13.1.